The highest BCUT2D eigenvalue weighted by atomic mass is 16.3. The van der Waals surface area contributed by atoms with Crippen molar-refractivity contribution in [1.82, 2.24) is 4.90 Å². The summed E-state index contributed by atoms with van der Waals surface area (Å²) < 4.78 is 0. The summed E-state index contributed by atoms with van der Waals surface area (Å²) in [5.74, 6) is -0.0174. The van der Waals surface area contributed by atoms with Gasteiger partial charge in [-0.3, -0.25) is 4.79 Å². The minimum Gasteiger partial charge on any atom is -0.508 e. The normalized spacial score (nSPS) is 19.1. The SMILES string of the molecule is CCC1CCCCN1C(=O)/C(C#N)=C/c1ccc(O)cc1. The first-order chi connectivity index (χ1) is 10.2. The second-order valence-electron chi connectivity index (χ2n) is 5.32. The lowest BCUT2D eigenvalue weighted by Crippen LogP contribution is -2.43. The van der Waals surface area contributed by atoms with E-state index in [1.54, 1.807) is 30.3 Å². The van der Waals surface area contributed by atoms with Crippen LogP contribution in [0, 0.1) is 11.3 Å². The van der Waals surface area contributed by atoms with Gasteiger partial charge in [0, 0.05) is 12.6 Å². The minimum absolute atomic E-state index is 0.154. The molecule has 1 aliphatic heterocycles. The molecule has 110 valence electrons. The summed E-state index contributed by atoms with van der Waals surface area (Å²) in [6.45, 7) is 2.80. The number of aromatic hydroxyl groups is 1. The Kier molecular flexibility index (Phi) is 4.99. The summed E-state index contributed by atoms with van der Waals surface area (Å²) in [6, 6.07) is 8.71. The fourth-order valence-electron chi connectivity index (χ4n) is 2.73. The maximum Gasteiger partial charge on any atom is 0.264 e. The molecule has 2 rings (SSSR count). The van der Waals surface area contributed by atoms with Gasteiger partial charge in [0.2, 0.25) is 0 Å². The lowest BCUT2D eigenvalue weighted by atomic mass is 9.98. The van der Waals surface area contributed by atoms with E-state index in [1.807, 2.05) is 11.0 Å². The number of phenols is 1. The smallest absolute Gasteiger partial charge is 0.264 e. The van der Waals surface area contributed by atoms with E-state index >= 15 is 0 Å². The van der Waals surface area contributed by atoms with Crippen molar-refractivity contribution in [3.05, 3.63) is 35.4 Å². The van der Waals surface area contributed by atoms with E-state index in [0.29, 0.717) is 0 Å². The number of likely N-dealkylation sites (tertiary alicyclic amines) is 1. The molecule has 0 radical (unpaired) electrons. The van der Waals surface area contributed by atoms with Crippen LogP contribution in [0.4, 0.5) is 0 Å². The molecule has 4 heteroatoms. The fourth-order valence-corrected chi connectivity index (χ4v) is 2.73. The number of nitriles is 1. The van der Waals surface area contributed by atoms with Crippen LogP contribution in [0.5, 0.6) is 5.75 Å². The molecule has 1 aromatic carbocycles. The van der Waals surface area contributed by atoms with Gasteiger partial charge in [0.15, 0.2) is 0 Å². The topological polar surface area (TPSA) is 64.3 Å². The van der Waals surface area contributed by atoms with E-state index in [1.165, 1.54) is 0 Å². The second kappa shape index (κ2) is 6.94. The van der Waals surface area contributed by atoms with Gasteiger partial charge in [-0.25, -0.2) is 0 Å². The number of benzene rings is 1. The van der Waals surface area contributed by atoms with Gasteiger partial charge in [0.25, 0.3) is 5.91 Å². The average Bonchev–Trinajstić information content (AvgIpc) is 2.53. The van der Waals surface area contributed by atoms with Gasteiger partial charge >= 0.3 is 0 Å². The predicted molar refractivity (Wildman–Crippen MR) is 81.3 cm³/mol. The van der Waals surface area contributed by atoms with Crippen molar-refractivity contribution in [3.63, 3.8) is 0 Å². The van der Waals surface area contributed by atoms with Crippen molar-refractivity contribution in [2.75, 3.05) is 6.54 Å². The van der Waals surface area contributed by atoms with Gasteiger partial charge in [-0.05, 0) is 49.5 Å². The molecule has 0 spiro atoms. The van der Waals surface area contributed by atoms with Crippen molar-refractivity contribution in [1.29, 1.82) is 5.26 Å². The zero-order chi connectivity index (χ0) is 15.2. The largest absolute Gasteiger partial charge is 0.508 e. The highest BCUT2D eigenvalue weighted by molar-refractivity contribution is 6.01. The Morgan fingerprint density at radius 1 is 1.43 bits per heavy atom. The molecule has 1 amide bonds. The molecule has 1 fully saturated rings. The summed E-state index contributed by atoms with van der Waals surface area (Å²) in [4.78, 5) is 14.4. The van der Waals surface area contributed by atoms with Crippen LogP contribution in [0.1, 0.15) is 38.2 Å². The Labute approximate surface area is 125 Å². The molecule has 1 saturated heterocycles. The number of hydrogen-bond acceptors (Lipinski definition) is 3. The van der Waals surface area contributed by atoms with Gasteiger partial charge in [-0.1, -0.05) is 19.1 Å². The zero-order valence-electron chi connectivity index (χ0n) is 12.2. The molecule has 0 saturated carbocycles. The van der Waals surface area contributed by atoms with Crippen LogP contribution in [-0.4, -0.2) is 28.5 Å². The molecular weight excluding hydrogens is 264 g/mol. The molecule has 0 aliphatic carbocycles. The third-order valence-electron chi connectivity index (χ3n) is 3.91. The van der Waals surface area contributed by atoms with Crippen molar-refractivity contribution in [2.24, 2.45) is 0 Å². The molecule has 1 atom stereocenters. The Balaban J connectivity index is 2.22. The summed E-state index contributed by atoms with van der Waals surface area (Å²) in [6.07, 6.45) is 5.67. The molecule has 1 N–H and O–H groups in total. The molecule has 1 unspecified atom stereocenters. The van der Waals surface area contributed by atoms with Crippen molar-refractivity contribution < 1.29 is 9.90 Å². The number of hydrogen-bond donors (Lipinski definition) is 1. The molecule has 1 aromatic rings. The summed E-state index contributed by atoms with van der Waals surface area (Å²) >= 11 is 0. The third-order valence-corrected chi connectivity index (χ3v) is 3.91. The molecule has 1 heterocycles. The predicted octanol–water partition coefficient (Wildman–Crippen LogP) is 3.09. The summed E-state index contributed by atoms with van der Waals surface area (Å²) in [5.41, 5.74) is 0.892. The number of piperidine rings is 1. The molecular formula is C17H20N2O2. The first-order valence-corrected chi connectivity index (χ1v) is 7.37. The number of rotatable bonds is 3. The highest BCUT2D eigenvalue weighted by Crippen LogP contribution is 2.22. The summed E-state index contributed by atoms with van der Waals surface area (Å²) in [7, 11) is 0. The lowest BCUT2D eigenvalue weighted by molar-refractivity contribution is -0.130. The van der Waals surface area contributed by atoms with Gasteiger partial charge in [0.1, 0.15) is 17.4 Å². The minimum atomic E-state index is -0.183. The highest BCUT2D eigenvalue weighted by Gasteiger charge is 2.27. The van der Waals surface area contributed by atoms with Crippen LogP contribution in [0.2, 0.25) is 0 Å². The first-order valence-electron chi connectivity index (χ1n) is 7.37. The average molecular weight is 284 g/mol. The Morgan fingerprint density at radius 2 is 2.14 bits per heavy atom. The lowest BCUT2D eigenvalue weighted by Gasteiger charge is -2.35. The van der Waals surface area contributed by atoms with E-state index in [9.17, 15) is 15.2 Å². The molecule has 0 bridgehead atoms. The van der Waals surface area contributed by atoms with Gasteiger partial charge in [-0.2, -0.15) is 5.26 Å². The van der Waals surface area contributed by atoms with E-state index in [0.717, 1.165) is 37.8 Å². The number of amides is 1. The number of phenolic OH excluding ortho intramolecular Hbond substituents is 1. The Morgan fingerprint density at radius 3 is 2.76 bits per heavy atom. The van der Waals surface area contributed by atoms with E-state index in [2.05, 4.69) is 6.92 Å². The van der Waals surface area contributed by atoms with Crippen LogP contribution in [-0.2, 0) is 4.79 Å². The van der Waals surface area contributed by atoms with Crippen molar-refractivity contribution in [3.8, 4) is 11.8 Å². The Bertz CT molecular complexity index is 569. The zero-order valence-corrected chi connectivity index (χ0v) is 12.2. The number of carbonyl (C=O) groups is 1. The van der Waals surface area contributed by atoms with Crippen LogP contribution < -0.4 is 0 Å². The maximum absolute atomic E-state index is 12.6. The second-order valence-corrected chi connectivity index (χ2v) is 5.32. The van der Waals surface area contributed by atoms with E-state index in [-0.39, 0.29) is 23.3 Å². The monoisotopic (exact) mass is 284 g/mol. The number of nitrogens with zero attached hydrogens (tertiary/aromatic N) is 2. The van der Waals surface area contributed by atoms with E-state index < -0.39 is 0 Å². The van der Waals surface area contributed by atoms with Crippen molar-refractivity contribution >= 4 is 12.0 Å². The first kappa shape index (κ1) is 15.1. The Hall–Kier alpha value is -2.28. The van der Waals surface area contributed by atoms with Crippen LogP contribution in [0.15, 0.2) is 29.8 Å². The van der Waals surface area contributed by atoms with Gasteiger partial charge in [-0.15, -0.1) is 0 Å². The van der Waals surface area contributed by atoms with E-state index in [4.69, 9.17) is 0 Å². The molecule has 1 aliphatic rings. The molecule has 0 aromatic heterocycles. The number of carbonyl (C=O) groups excluding carboxylic acids is 1. The van der Waals surface area contributed by atoms with Crippen LogP contribution in [0.3, 0.4) is 0 Å². The van der Waals surface area contributed by atoms with Crippen LogP contribution >= 0.6 is 0 Å². The third kappa shape index (κ3) is 3.63. The maximum atomic E-state index is 12.6. The van der Waals surface area contributed by atoms with Gasteiger partial charge in [0.05, 0.1) is 0 Å². The van der Waals surface area contributed by atoms with Gasteiger partial charge < -0.3 is 10.0 Å². The summed E-state index contributed by atoms with van der Waals surface area (Å²) in [5, 5.41) is 18.6. The van der Waals surface area contributed by atoms with Crippen molar-refractivity contribution in [2.45, 2.75) is 38.6 Å². The quantitative estimate of drug-likeness (QED) is 0.685. The molecule has 4 nitrogen and oxygen atoms in total. The van der Waals surface area contributed by atoms with Crippen LogP contribution in [0.25, 0.3) is 6.08 Å². The standard InChI is InChI=1S/C17H20N2O2/c1-2-15-5-3-4-10-19(15)17(21)14(12-18)11-13-6-8-16(20)9-7-13/h6-9,11,15,20H,2-5,10H2,1H3/b14-11+. The molecule has 21 heavy (non-hydrogen) atoms. The fraction of sp³-hybridized carbons (Fsp3) is 0.412.